The van der Waals surface area contributed by atoms with Crippen molar-refractivity contribution in [3.63, 3.8) is 0 Å². The zero-order valence-electron chi connectivity index (χ0n) is 36.1. The molecule has 1 atom stereocenters. The van der Waals surface area contributed by atoms with Gasteiger partial charge in [-0.25, -0.2) is 0 Å². The van der Waals surface area contributed by atoms with Gasteiger partial charge in [0, 0.05) is 24.6 Å². The standard InChI is InChI=1S/C45H93NO5P2/c1-5-9-13-17-21-25-29-33-37-52(50,38-34-30-26-22-18-14-10-6-2)42-46(44(41-47)45(48)49)43-53(51,39-35-31-27-23-19-15-11-7-3)40-36-32-28-24-20-16-12-8-4/h44,47H,5-43H2,1-4H3,(H,48,49)/t44-/m0/s1. The molecule has 0 amide bonds. The molecule has 0 bridgehead atoms. The molecule has 318 valence electrons. The Labute approximate surface area is 331 Å². The Kier molecular flexibility index (Phi) is 37.3. The van der Waals surface area contributed by atoms with Gasteiger partial charge < -0.3 is 19.3 Å². The van der Waals surface area contributed by atoms with Crippen LogP contribution in [0.15, 0.2) is 0 Å². The number of aliphatic hydroxyl groups is 1. The van der Waals surface area contributed by atoms with Crippen LogP contribution in [0.3, 0.4) is 0 Å². The Hall–Kier alpha value is -0.150. The van der Waals surface area contributed by atoms with E-state index in [2.05, 4.69) is 27.7 Å². The number of hydrogen-bond donors (Lipinski definition) is 2. The van der Waals surface area contributed by atoms with Gasteiger partial charge >= 0.3 is 5.97 Å². The number of carbonyl (C=O) groups is 1. The molecule has 0 unspecified atom stereocenters. The van der Waals surface area contributed by atoms with Crippen LogP contribution in [0.1, 0.15) is 233 Å². The van der Waals surface area contributed by atoms with Gasteiger partial charge in [0.1, 0.15) is 20.3 Å². The van der Waals surface area contributed by atoms with Crippen LogP contribution in [0.4, 0.5) is 0 Å². The molecule has 0 aliphatic heterocycles. The lowest BCUT2D eigenvalue weighted by molar-refractivity contribution is -0.144. The number of unbranched alkanes of at least 4 members (excludes halogenated alkanes) is 28. The van der Waals surface area contributed by atoms with E-state index in [1.54, 1.807) is 4.90 Å². The van der Waals surface area contributed by atoms with Crippen molar-refractivity contribution < 1.29 is 24.1 Å². The van der Waals surface area contributed by atoms with Gasteiger partial charge in [-0.05, 0) is 25.7 Å². The average molecular weight is 790 g/mol. The number of aliphatic carboxylic acids is 1. The van der Waals surface area contributed by atoms with E-state index in [1.807, 2.05) is 0 Å². The van der Waals surface area contributed by atoms with Gasteiger partial charge in [0.15, 0.2) is 0 Å². The minimum Gasteiger partial charge on any atom is -0.480 e. The molecule has 0 heterocycles. The predicted molar refractivity (Wildman–Crippen MR) is 235 cm³/mol. The summed E-state index contributed by atoms with van der Waals surface area (Å²) >= 11 is 0. The van der Waals surface area contributed by atoms with Crippen LogP contribution < -0.4 is 0 Å². The average Bonchev–Trinajstić information content (AvgIpc) is 3.13. The first-order valence-corrected chi connectivity index (χ1v) is 27.9. The van der Waals surface area contributed by atoms with Crippen molar-refractivity contribution in [2.75, 3.05) is 43.8 Å². The lowest BCUT2D eigenvalue weighted by Gasteiger charge is -2.34. The summed E-state index contributed by atoms with van der Waals surface area (Å²) in [6.45, 7) is 8.42. The second-order valence-corrected chi connectivity index (χ2v) is 23.4. The summed E-state index contributed by atoms with van der Waals surface area (Å²) in [5.41, 5.74) is 0. The smallest absolute Gasteiger partial charge is 0.323 e. The van der Waals surface area contributed by atoms with Crippen LogP contribution >= 0.6 is 14.3 Å². The summed E-state index contributed by atoms with van der Waals surface area (Å²) in [6, 6.07) is -1.16. The molecule has 2 N–H and O–H groups in total. The third-order valence-electron chi connectivity index (χ3n) is 11.5. The van der Waals surface area contributed by atoms with Gasteiger partial charge in [-0.2, -0.15) is 0 Å². The molecule has 0 aromatic carbocycles. The third-order valence-corrected chi connectivity index (χ3v) is 17.7. The van der Waals surface area contributed by atoms with E-state index in [4.69, 9.17) is 0 Å². The number of rotatable bonds is 43. The number of hydrogen-bond acceptors (Lipinski definition) is 5. The fraction of sp³-hybridized carbons (Fsp3) is 0.978. The van der Waals surface area contributed by atoms with Gasteiger partial charge in [-0.3, -0.25) is 9.69 Å². The van der Waals surface area contributed by atoms with Crippen molar-refractivity contribution in [3.8, 4) is 0 Å². The quantitative estimate of drug-likeness (QED) is 0.0472. The largest absolute Gasteiger partial charge is 0.480 e. The first kappa shape index (κ1) is 52.9. The highest BCUT2D eigenvalue weighted by Gasteiger charge is 2.36. The van der Waals surface area contributed by atoms with Gasteiger partial charge in [0.25, 0.3) is 0 Å². The van der Waals surface area contributed by atoms with E-state index < -0.39 is 32.9 Å². The normalized spacial score (nSPS) is 12.9. The molecule has 8 heteroatoms. The van der Waals surface area contributed by atoms with Gasteiger partial charge in [-0.15, -0.1) is 0 Å². The topological polar surface area (TPSA) is 94.9 Å². The Morgan fingerprint density at radius 3 is 0.811 bits per heavy atom. The summed E-state index contributed by atoms with van der Waals surface area (Å²) in [7, 11) is -5.54. The minimum atomic E-state index is -2.77. The number of carboxylic acid groups (broad SMARTS) is 1. The molecule has 0 saturated carbocycles. The van der Waals surface area contributed by atoms with E-state index in [0.717, 1.165) is 77.0 Å². The number of nitrogens with zero attached hydrogens (tertiary/aromatic N) is 1. The highest BCUT2D eigenvalue weighted by Crippen LogP contribution is 2.53. The van der Waals surface area contributed by atoms with Gasteiger partial charge in [-0.1, -0.05) is 207 Å². The van der Waals surface area contributed by atoms with E-state index in [1.165, 1.54) is 128 Å². The Bertz CT molecular complexity index is 792. The highest BCUT2D eigenvalue weighted by atomic mass is 31.2. The maximum Gasteiger partial charge on any atom is 0.323 e. The molecule has 0 aliphatic rings. The molecule has 0 saturated heterocycles. The van der Waals surface area contributed by atoms with Crippen molar-refractivity contribution in [1.82, 2.24) is 4.90 Å². The van der Waals surface area contributed by atoms with Crippen molar-refractivity contribution in [2.45, 2.75) is 239 Å². The fourth-order valence-electron chi connectivity index (χ4n) is 7.90. The van der Waals surface area contributed by atoms with E-state index in [-0.39, 0.29) is 12.6 Å². The van der Waals surface area contributed by atoms with Gasteiger partial charge in [0.05, 0.1) is 19.2 Å². The van der Waals surface area contributed by atoms with Crippen LogP contribution in [0.2, 0.25) is 0 Å². The second kappa shape index (κ2) is 37.4. The molecule has 0 radical (unpaired) electrons. The Morgan fingerprint density at radius 1 is 0.415 bits per heavy atom. The summed E-state index contributed by atoms with van der Waals surface area (Å²) < 4.78 is 29.8. The molecule has 53 heavy (non-hydrogen) atoms. The van der Waals surface area contributed by atoms with Crippen LogP contribution in [0.5, 0.6) is 0 Å². The summed E-state index contributed by atoms with van der Waals surface area (Å²) in [6.07, 6.45) is 40.6. The van der Waals surface area contributed by atoms with Crippen LogP contribution in [0, 0.1) is 0 Å². The lowest BCUT2D eigenvalue weighted by Crippen LogP contribution is -2.45. The molecule has 0 aliphatic carbocycles. The molecule has 0 fully saturated rings. The summed E-state index contributed by atoms with van der Waals surface area (Å²) in [5, 5.41) is 20.7. The molecule has 0 rings (SSSR count). The predicted octanol–water partition coefficient (Wildman–Crippen LogP) is 14.9. The van der Waals surface area contributed by atoms with Crippen LogP contribution in [-0.2, 0) is 13.9 Å². The van der Waals surface area contributed by atoms with E-state index in [9.17, 15) is 24.1 Å². The number of aliphatic hydroxyl groups excluding tert-OH is 1. The first-order chi connectivity index (χ1) is 25.7. The molecule has 0 spiro atoms. The maximum atomic E-state index is 14.9. The van der Waals surface area contributed by atoms with E-state index in [0.29, 0.717) is 24.6 Å². The fourth-order valence-corrected chi connectivity index (χ4v) is 14.2. The second-order valence-electron chi connectivity index (χ2n) is 16.8. The molecule has 0 aromatic rings. The maximum absolute atomic E-state index is 14.9. The summed E-state index contributed by atoms with van der Waals surface area (Å²) in [4.78, 5) is 14.3. The Balaban J connectivity index is 5.81. The van der Waals surface area contributed by atoms with E-state index >= 15 is 0 Å². The highest BCUT2D eigenvalue weighted by molar-refractivity contribution is 7.64. The SMILES string of the molecule is CCCCCCCCCCP(=O)(CCCCCCCCCC)CN(CP(=O)(CCCCCCCCCC)CCCCCCCCCC)[C@@H](CO)C(=O)O. The monoisotopic (exact) mass is 790 g/mol. The molecular weight excluding hydrogens is 696 g/mol. The zero-order valence-corrected chi connectivity index (χ0v) is 37.9. The van der Waals surface area contributed by atoms with Crippen molar-refractivity contribution in [1.29, 1.82) is 0 Å². The van der Waals surface area contributed by atoms with Crippen molar-refractivity contribution >= 4 is 20.3 Å². The lowest BCUT2D eigenvalue weighted by atomic mass is 10.1. The first-order valence-electron chi connectivity index (χ1n) is 23.4. The van der Waals surface area contributed by atoms with Crippen molar-refractivity contribution in [2.24, 2.45) is 0 Å². The zero-order chi connectivity index (χ0) is 39.3. The van der Waals surface area contributed by atoms with Gasteiger partial charge in [0.2, 0.25) is 0 Å². The summed E-state index contributed by atoms with van der Waals surface area (Å²) in [5.74, 6) is -1.09. The van der Waals surface area contributed by atoms with Crippen LogP contribution in [-0.4, -0.2) is 71.0 Å². The van der Waals surface area contributed by atoms with Crippen LogP contribution in [0.25, 0.3) is 0 Å². The Morgan fingerprint density at radius 2 is 0.623 bits per heavy atom. The van der Waals surface area contributed by atoms with Crippen molar-refractivity contribution in [3.05, 3.63) is 0 Å². The number of carboxylic acids is 1. The minimum absolute atomic E-state index is 0.177. The molecule has 6 nitrogen and oxygen atoms in total. The third kappa shape index (κ3) is 31.6. The molecule has 0 aromatic heterocycles. The molecular formula is C45H93NO5P2.